The molecule has 0 spiro atoms. The maximum atomic E-state index is 12.5. The second-order valence-electron chi connectivity index (χ2n) is 6.74. The van der Waals surface area contributed by atoms with Gasteiger partial charge in [0.15, 0.2) is 11.5 Å². The first-order chi connectivity index (χ1) is 13.3. The number of benzene rings is 1. The Morgan fingerprint density at radius 2 is 2.00 bits per heavy atom. The predicted molar refractivity (Wildman–Crippen MR) is 104 cm³/mol. The smallest absolute Gasteiger partial charge is 0.274 e. The van der Waals surface area contributed by atoms with Crippen LogP contribution in [0.15, 0.2) is 48.2 Å². The van der Waals surface area contributed by atoms with Crippen molar-refractivity contribution in [2.24, 2.45) is 0 Å². The SMILES string of the molecule is O=C(Nc1ccc2c(c1)OCO2)c1cc(NCCC2=CCCCC2)ccn1. The van der Waals surface area contributed by atoms with E-state index in [2.05, 4.69) is 21.7 Å². The number of nitrogens with zero attached hydrogens (tertiary/aromatic N) is 1. The molecule has 1 aliphatic heterocycles. The zero-order valence-electron chi connectivity index (χ0n) is 15.2. The molecule has 2 N–H and O–H groups in total. The Hall–Kier alpha value is -3.02. The van der Waals surface area contributed by atoms with Gasteiger partial charge in [0.25, 0.3) is 5.91 Å². The van der Waals surface area contributed by atoms with E-state index in [1.165, 1.54) is 31.3 Å². The van der Waals surface area contributed by atoms with Gasteiger partial charge in [-0.15, -0.1) is 0 Å². The molecule has 6 nitrogen and oxygen atoms in total. The zero-order valence-corrected chi connectivity index (χ0v) is 15.2. The molecule has 4 rings (SSSR count). The summed E-state index contributed by atoms with van der Waals surface area (Å²) in [6, 6.07) is 8.97. The third kappa shape index (κ3) is 4.39. The molecule has 6 heteroatoms. The summed E-state index contributed by atoms with van der Waals surface area (Å²) in [6.45, 7) is 1.07. The number of carbonyl (C=O) groups is 1. The maximum Gasteiger partial charge on any atom is 0.274 e. The number of aromatic nitrogens is 1. The highest BCUT2D eigenvalue weighted by Gasteiger charge is 2.15. The van der Waals surface area contributed by atoms with Crippen LogP contribution in [0.2, 0.25) is 0 Å². The molecule has 27 heavy (non-hydrogen) atoms. The molecule has 0 unspecified atom stereocenters. The molecule has 0 fully saturated rings. The minimum Gasteiger partial charge on any atom is -0.454 e. The van der Waals surface area contributed by atoms with Crippen LogP contribution in [0.25, 0.3) is 0 Å². The summed E-state index contributed by atoms with van der Waals surface area (Å²) in [5.74, 6) is 1.06. The van der Waals surface area contributed by atoms with E-state index in [9.17, 15) is 4.79 Å². The lowest BCUT2D eigenvalue weighted by Gasteiger charge is -2.13. The molecular formula is C21H23N3O3. The molecule has 2 aliphatic rings. The minimum absolute atomic E-state index is 0.207. The number of pyridine rings is 1. The molecule has 0 atom stereocenters. The molecular weight excluding hydrogens is 342 g/mol. The number of hydrogen-bond acceptors (Lipinski definition) is 5. The van der Waals surface area contributed by atoms with E-state index in [4.69, 9.17) is 9.47 Å². The van der Waals surface area contributed by atoms with Crippen molar-refractivity contribution in [1.82, 2.24) is 4.98 Å². The second-order valence-corrected chi connectivity index (χ2v) is 6.74. The summed E-state index contributed by atoms with van der Waals surface area (Å²) in [7, 11) is 0. The Morgan fingerprint density at radius 3 is 2.89 bits per heavy atom. The van der Waals surface area contributed by atoms with Crippen LogP contribution in [0.1, 0.15) is 42.6 Å². The van der Waals surface area contributed by atoms with Crippen molar-refractivity contribution >= 4 is 17.3 Å². The van der Waals surface area contributed by atoms with Gasteiger partial charge in [0.1, 0.15) is 5.69 Å². The lowest BCUT2D eigenvalue weighted by Crippen LogP contribution is -2.14. The molecule has 1 aromatic carbocycles. The van der Waals surface area contributed by atoms with Crippen LogP contribution >= 0.6 is 0 Å². The van der Waals surface area contributed by atoms with Gasteiger partial charge < -0.3 is 20.1 Å². The summed E-state index contributed by atoms with van der Waals surface area (Å²) >= 11 is 0. The minimum atomic E-state index is -0.257. The summed E-state index contributed by atoms with van der Waals surface area (Å²) in [6.07, 6.45) is 10.1. The number of rotatable bonds is 6. The van der Waals surface area contributed by atoms with E-state index in [1.54, 1.807) is 30.5 Å². The molecule has 1 aromatic heterocycles. The highest BCUT2D eigenvalue weighted by Crippen LogP contribution is 2.34. The van der Waals surface area contributed by atoms with Crippen molar-refractivity contribution in [1.29, 1.82) is 0 Å². The third-order valence-electron chi connectivity index (χ3n) is 4.78. The number of anilines is 2. The van der Waals surface area contributed by atoms with E-state index in [1.807, 2.05) is 6.07 Å². The predicted octanol–water partition coefficient (Wildman–Crippen LogP) is 4.37. The largest absolute Gasteiger partial charge is 0.454 e. The van der Waals surface area contributed by atoms with Crippen LogP contribution in [-0.4, -0.2) is 24.2 Å². The lowest BCUT2D eigenvalue weighted by atomic mass is 9.97. The Balaban J connectivity index is 1.35. The summed E-state index contributed by atoms with van der Waals surface area (Å²) < 4.78 is 10.6. The zero-order chi connectivity index (χ0) is 18.5. The van der Waals surface area contributed by atoms with Gasteiger partial charge in [-0.3, -0.25) is 9.78 Å². The molecule has 0 radical (unpaired) electrons. The van der Waals surface area contributed by atoms with Gasteiger partial charge in [-0.2, -0.15) is 0 Å². The molecule has 0 saturated heterocycles. The van der Waals surface area contributed by atoms with Crippen LogP contribution in [0.3, 0.4) is 0 Å². The number of allylic oxidation sites excluding steroid dienone is 1. The Kier molecular flexibility index (Phi) is 5.23. The van der Waals surface area contributed by atoms with Gasteiger partial charge in [-0.25, -0.2) is 0 Å². The molecule has 1 amide bonds. The molecule has 2 aromatic rings. The average molecular weight is 365 g/mol. The molecule has 140 valence electrons. The monoisotopic (exact) mass is 365 g/mol. The van der Waals surface area contributed by atoms with Crippen LogP contribution in [-0.2, 0) is 0 Å². The van der Waals surface area contributed by atoms with Gasteiger partial charge in [-0.05, 0) is 56.4 Å². The average Bonchev–Trinajstić information content (AvgIpc) is 3.17. The molecule has 1 aliphatic carbocycles. The van der Waals surface area contributed by atoms with Crippen molar-refractivity contribution in [3.8, 4) is 11.5 Å². The topological polar surface area (TPSA) is 72.5 Å². The number of amides is 1. The first-order valence-corrected chi connectivity index (χ1v) is 9.37. The van der Waals surface area contributed by atoms with E-state index in [-0.39, 0.29) is 12.7 Å². The normalized spacial score (nSPS) is 15.2. The fraction of sp³-hybridized carbons (Fsp3) is 0.333. The summed E-state index contributed by atoms with van der Waals surface area (Å²) in [5, 5.41) is 6.24. The highest BCUT2D eigenvalue weighted by atomic mass is 16.7. The number of ether oxygens (including phenoxy) is 2. The van der Waals surface area contributed by atoms with E-state index >= 15 is 0 Å². The van der Waals surface area contributed by atoms with Gasteiger partial charge in [0.2, 0.25) is 6.79 Å². The first-order valence-electron chi connectivity index (χ1n) is 9.37. The van der Waals surface area contributed by atoms with E-state index in [0.29, 0.717) is 22.9 Å². The quantitative estimate of drug-likeness (QED) is 0.744. The Morgan fingerprint density at radius 1 is 1.07 bits per heavy atom. The van der Waals surface area contributed by atoms with Crippen molar-refractivity contribution in [3.05, 3.63) is 53.9 Å². The van der Waals surface area contributed by atoms with E-state index in [0.717, 1.165) is 18.7 Å². The first kappa shape index (κ1) is 17.4. The van der Waals surface area contributed by atoms with Crippen LogP contribution < -0.4 is 20.1 Å². The van der Waals surface area contributed by atoms with Crippen molar-refractivity contribution < 1.29 is 14.3 Å². The highest BCUT2D eigenvalue weighted by molar-refractivity contribution is 6.03. The number of nitrogens with one attached hydrogen (secondary N) is 2. The number of carbonyl (C=O) groups excluding carboxylic acids is 1. The van der Waals surface area contributed by atoms with E-state index < -0.39 is 0 Å². The molecule has 0 saturated carbocycles. The number of fused-ring (bicyclic) bond motifs is 1. The van der Waals surface area contributed by atoms with Gasteiger partial charge in [0, 0.05) is 30.2 Å². The van der Waals surface area contributed by atoms with Gasteiger partial charge in [0.05, 0.1) is 0 Å². The fourth-order valence-electron chi connectivity index (χ4n) is 3.33. The van der Waals surface area contributed by atoms with Gasteiger partial charge in [-0.1, -0.05) is 11.6 Å². The van der Waals surface area contributed by atoms with Crippen molar-refractivity contribution in [2.45, 2.75) is 32.1 Å². The third-order valence-corrected chi connectivity index (χ3v) is 4.78. The van der Waals surface area contributed by atoms with Crippen molar-refractivity contribution in [3.63, 3.8) is 0 Å². The van der Waals surface area contributed by atoms with Gasteiger partial charge >= 0.3 is 0 Å². The Bertz CT molecular complexity index is 864. The molecule has 0 bridgehead atoms. The summed E-state index contributed by atoms with van der Waals surface area (Å²) in [5.41, 5.74) is 3.45. The number of hydrogen-bond donors (Lipinski definition) is 2. The molecule has 2 heterocycles. The van der Waals surface area contributed by atoms with Crippen LogP contribution in [0.4, 0.5) is 11.4 Å². The lowest BCUT2D eigenvalue weighted by molar-refractivity contribution is 0.102. The summed E-state index contributed by atoms with van der Waals surface area (Å²) in [4.78, 5) is 16.7. The van der Waals surface area contributed by atoms with Crippen LogP contribution in [0.5, 0.6) is 11.5 Å². The second kappa shape index (κ2) is 8.12. The van der Waals surface area contributed by atoms with Crippen LogP contribution in [0, 0.1) is 0 Å². The standard InChI is InChI=1S/C21H23N3O3/c25-21(24-17-6-7-19-20(13-17)27-14-26-19)18-12-16(9-11-23-18)22-10-8-15-4-2-1-3-5-15/h4,6-7,9,11-13H,1-3,5,8,10,14H2,(H,22,23)(H,24,25). The Labute approximate surface area is 158 Å². The fourth-order valence-corrected chi connectivity index (χ4v) is 3.33. The van der Waals surface area contributed by atoms with Crippen molar-refractivity contribution in [2.75, 3.05) is 24.0 Å². The maximum absolute atomic E-state index is 12.5.